The van der Waals surface area contributed by atoms with Crippen LogP contribution in [0.25, 0.3) is 0 Å². The van der Waals surface area contributed by atoms with E-state index in [1.54, 1.807) is 0 Å². The summed E-state index contributed by atoms with van der Waals surface area (Å²) in [6.45, 7) is 3.78. The summed E-state index contributed by atoms with van der Waals surface area (Å²) in [7, 11) is 0. The third kappa shape index (κ3) is 2.82. The van der Waals surface area contributed by atoms with Gasteiger partial charge in [0.15, 0.2) is 0 Å². The molecule has 1 amide bonds. The molecule has 3 heteroatoms. The molecule has 1 aliphatic carbocycles. The van der Waals surface area contributed by atoms with Gasteiger partial charge in [-0.3, -0.25) is 4.79 Å². The lowest BCUT2D eigenvalue weighted by atomic mass is 9.84. The third-order valence-electron chi connectivity index (χ3n) is 4.60. The van der Waals surface area contributed by atoms with Gasteiger partial charge in [0.2, 0.25) is 5.91 Å². The fraction of sp³-hybridized carbons (Fsp3) is 0.588. The van der Waals surface area contributed by atoms with Crippen molar-refractivity contribution in [2.75, 3.05) is 13.1 Å². The summed E-state index contributed by atoms with van der Waals surface area (Å²) in [4.78, 5) is 14.2. The quantitative estimate of drug-likeness (QED) is 0.846. The minimum Gasteiger partial charge on any atom is -0.490 e. The second kappa shape index (κ2) is 5.86. The molecule has 3 rings (SSSR count). The maximum Gasteiger partial charge on any atom is 0.225 e. The van der Waals surface area contributed by atoms with E-state index in [0.717, 1.165) is 44.5 Å². The molecule has 3 nitrogen and oxygen atoms in total. The van der Waals surface area contributed by atoms with Crippen LogP contribution in [0.5, 0.6) is 5.75 Å². The van der Waals surface area contributed by atoms with Crippen LogP contribution in [0.15, 0.2) is 24.3 Å². The summed E-state index contributed by atoms with van der Waals surface area (Å²) in [5, 5.41) is 0. The van der Waals surface area contributed by atoms with Gasteiger partial charge in [0.25, 0.3) is 0 Å². The van der Waals surface area contributed by atoms with E-state index in [-0.39, 0.29) is 6.10 Å². The van der Waals surface area contributed by atoms with Crippen molar-refractivity contribution in [3.63, 3.8) is 0 Å². The first-order valence-electron chi connectivity index (χ1n) is 7.75. The van der Waals surface area contributed by atoms with Crippen molar-refractivity contribution in [1.29, 1.82) is 0 Å². The summed E-state index contributed by atoms with van der Waals surface area (Å²) in [5.74, 6) is 1.69. The minimum absolute atomic E-state index is 0.251. The zero-order valence-electron chi connectivity index (χ0n) is 12.2. The van der Waals surface area contributed by atoms with E-state index < -0.39 is 0 Å². The molecule has 0 radical (unpaired) electrons. The lowest BCUT2D eigenvalue weighted by Crippen LogP contribution is -2.45. The van der Waals surface area contributed by atoms with Crippen LogP contribution >= 0.6 is 0 Å². The normalized spacial score (nSPS) is 20.6. The second-order valence-corrected chi connectivity index (χ2v) is 6.04. The topological polar surface area (TPSA) is 29.5 Å². The van der Waals surface area contributed by atoms with Crippen molar-refractivity contribution in [2.24, 2.45) is 5.92 Å². The van der Waals surface area contributed by atoms with Gasteiger partial charge in [0.1, 0.15) is 11.9 Å². The zero-order chi connectivity index (χ0) is 13.9. The summed E-state index contributed by atoms with van der Waals surface area (Å²) < 4.78 is 6.08. The van der Waals surface area contributed by atoms with Gasteiger partial charge < -0.3 is 9.64 Å². The van der Waals surface area contributed by atoms with Crippen molar-refractivity contribution < 1.29 is 9.53 Å². The molecule has 1 aliphatic heterocycles. The van der Waals surface area contributed by atoms with Crippen LogP contribution in [0, 0.1) is 12.8 Å². The predicted octanol–water partition coefficient (Wildman–Crippen LogP) is 3.16. The van der Waals surface area contributed by atoms with Crippen LogP contribution in [0.1, 0.15) is 37.7 Å². The van der Waals surface area contributed by atoms with E-state index in [2.05, 4.69) is 13.0 Å². The van der Waals surface area contributed by atoms with Crippen molar-refractivity contribution in [2.45, 2.75) is 45.1 Å². The number of hydrogen-bond acceptors (Lipinski definition) is 2. The van der Waals surface area contributed by atoms with Crippen LogP contribution < -0.4 is 4.74 Å². The number of para-hydroxylation sites is 1. The second-order valence-electron chi connectivity index (χ2n) is 6.04. The average molecular weight is 273 g/mol. The molecule has 1 saturated carbocycles. The van der Waals surface area contributed by atoms with Gasteiger partial charge in [0.05, 0.1) is 0 Å². The molecule has 1 aromatic rings. The molecular formula is C17H23NO2. The number of piperidine rings is 1. The molecule has 0 aromatic heterocycles. The molecule has 1 aromatic carbocycles. The maximum absolute atomic E-state index is 12.2. The minimum atomic E-state index is 0.251. The summed E-state index contributed by atoms with van der Waals surface area (Å²) in [5.41, 5.74) is 1.18. The van der Waals surface area contributed by atoms with Crippen LogP contribution in [0.2, 0.25) is 0 Å². The first-order chi connectivity index (χ1) is 9.74. The Kier molecular flexibility index (Phi) is 3.95. The van der Waals surface area contributed by atoms with Crippen LogP contribution in [0.4, 0.5) is 0 Å². The van der Waals surface area contributed by atoms with Gasteiger partial charge in [0, 0.05) is 31.8 Å². The van der Waals surface area contributed by atoms with Crippen molar-refractivity contribution in [1.82, 2.24) is 4.90 Å². The van der Waals surface area contributed by atoms with Crippen LogP contribution in [0.3, 0.4) is 0 Å². The molecule has 0 N–H and O–H groups in total. The zero-order valence-corrected chi connectivity index (χ0v) is 12.2. The Bertz CT molecular complexity index is 474. The maximum atomic E-state index is 12.2. The monoisotopic (exact) mass is 273 g/mol. The number of nitrogens with zero attached hydrogens (tertiary/aromatic N) is 1. The first kappa shape index (κ1) is 13.5. The largest absolute Gasteiger partial charge is 0.490 e. The van der Waals surface area contributed by atoms with Gasteiger partial charge in [-0.1, -0.05) is 24.6 Å². The molecule has 0 spiro atoms. The van der Waals surface area contributed by atoms with Gasteiger partial charge in [-0.15, -0.1) is 0 Å². The van der Waals surface area contributed by atoms with E-state index in [1.807, 2.05) is 23.1 Å². The molecule has 0 unspecified atom stereocenters. The first-order valence-corrected chi connectivity index (χ1v) is 7.75. The summed E-state index contributed by atoms with van der Waals surface area (Å²) in [6.07, 6.45) is 5.57. The third-order valence-corrected chi connectivity index (χ3v) is 4.60. The Morgan fingerprint density at radius 3 is 2.45 bits per heavy atom. The van der Waals surface area contributed by atoms with Gasteiger partial charge >= 0.3 is 0 Å². The highest BCUT2D eigenvalue weighted by Gasteiger charge is 2.32. The standard InChI is InChI=1S/C17H23NO2/c1-13-5-2-3-8-16(13)20-15-9-11-18(12-10-15)17(19)14-6-4-7-14/h2-3,5,8,14-15H,4,6-7,9-12H2,1H3. The average Bonchev–Trinajstić information content (AvgIpc) is 2.40. The number of rotatable bonds is 3. The fourth-order valence-electron chi connectivity index (χ4n) is 2.98. The number of carbonyl (C=O) groups is 1. The number of ether oxygens (including phenoxy) is 1. The molecule has 108 valence electrons. The fourth-order valence-corrected chi connectivity index (χ4v) is 2.98. The number of carbonyl (C=O) groups excluding carboxylic acids is 1. The Morgan fingerprint density at radius 1 is 1.15 bits per heavy atom. The highest BCUT2D eigenvalue weighted by molar-refractivity contribution is 5.79. The number of amides is 1. The summed E-state index contributed by atoms with van der Waals surface area (Å²) in [6, 6.07) is 8.14. The molecular weight excluding hydrogens is 250 g/mol. The highest BCUT2D eigenvalue weighted by atomic mass is 16.5. The van der Waals surface area contributed by atoms with Gasteiger partial charge in [-0.25, -0.2) is 0 Å². The van der Waals surface area contributed by atoms with Crippen molar-refractivity contribution >= 4 is 5.91 Å². The molecule has 2 aliphatic rings. The van der Waals surface area contributed by atoms with E-state index >= 15 is 0 Å². The molecule has 1 heterocycles. The van der Waals surface area contributed by atoms with Crippen molar-refractivity contribution in [3.05, 3.63) is 29.8 Å². The van der Waals surface area contributed by atoms with E-state index in [4.69, 9.17) is 4.74 Å². The lowest BCUT2D eigenvalue weighted by Gasteiger charge is -2.36. The molecule has 0 atom stereocenters. The number of likely N-dealkylation sites (tertiary alicyclic amines) is 1. The van der Waals surface area contributed by atoms with Gasteiger partial charge in [-0.2, -0.15) is 0 Å². The van der Waals surface area contributed by atoms with Crippen LogP contribution in [-0.4, -0.2) is 30.0 Å². The molecule has 0 bridgehead atoms. The van der Waals surface area contributed by atoms with Crippen LogP contribution in [-0.2, 0) is 4.79 Å². The SMILES string of the molecule is Cc1ccccc1OC1CCN(C(=O)C2CCC2)CC1. The highest BCUT2D eigenvalue weighted by Crippen LogP contribution is 2.30. The summed E-state index contributed by atoms with van der Waals surface area (Å²) >= 11 is 0. The number of aryl methyl sites for hydroxylation is 1. The Labute approximate surface area is 120 Å². The van der Waals surface area contributed by atoms with E-state index in [1.165, 1.54) is 12.0 Å². The Balaban J connectivity index is 1.51. The smallest absolute Gasteiger partial charge is 0.225 e. The van der Waals surface area contributed by atoms with Gasteiger partial charge in [-0.05, 0) is 31.4 Å². The molecule has 20 heavy (non-hydrogen) atoms. The Morgan fingerprint density at radius 2 is 1.85 bits per heavy atom. The molecule has 1 saturated heterocycles. The lowest BCUT2D eigenvalue weighted by molar-refractivity contribution is -0.140. The van der Waals surface area contributed by atoms with E-state index in [9.17, 15) is 4.79 Å². The van der Waals surface area contributed by atoms with Crippen molar-refractivity contribution in [3.8, 4) is 5.75 Å². The van der Waals surface area contributed by atoms with E-state index in [0.29, 0.717) is 11.8 Å². The number of hydrogen-bond donors (Lipinski definition) is 0. The number of benzene rings is 1. The molecule has 2 fully saturated rings. The predicted molar refractivity (Wildman–Crippen MR) is 78.8 cm³/mol. The Hall–Kier alpha value is -1.51.